The number of rotatable bonds is 4. The molecule has 0 radical (unpaired) electrons. The van der Waals surface area contributed by atoms with Crippen LogP contribution in [0.1, 0.15) is 65.8 Å². The number of aryl methyl sites for hydroxylation is 1. The van der Waals surface area contributed by atoms with Crippen LogP contribution in [0.5, 0.6) is 0 Å². The summed E-state index contributed by atoms with van der Waals surface area (Å²) in [6.07, 6.45) is 5.39. The van der Waals surface area contributed by atoms with Crippen molar-refractivity contribution in [2.24, 2.45) is 0 Å². The maximum absolute atomic E-state index is 13.2. The average Bonchev–Trinajstić information content (AvgIpc) is 3.15. The Morgan fingerprint density at radius 2 is 1.92 bits per heavy atom. The first-order valence-corrected chi connectivity index (χ1v) is 9.17. The summed E-state index contributed by atoms with van der Waals surface area (Å²) in [5.74, 6) is 0.674. The van der Waals surface area contributed by atoms with Gasteiger partial charge < -0.3 is 4.90 Å². The van der Waals surface area contributed by atoms with Gasteiger partial charge in [-0.05, 0) is 50.7 Å². The second kappa shape index (κ2) is 6.08. The quantitative estimate of drug-likeness (QED) is 0.857. The van der Waals surface area contributed by atoms with Gasteiger partial charge in [-0.3, -0.25) is 4.79 Å². The molecule has 126 valence electrons. The number of para-hydroxylation sites is 1. The highest BCUT2D eigenvalue weighted by Crippen LogP contribution is 2.42. The van der Waals surface area contributed by atoms with Crippen LogP contribution in [0.3, 0.4) is 0 Å². The minimum atomic E-state index is 0.200. The fraction of sp³-hybridized carbons (Fsp3) is 0.500. The Bertz CT molecular complexity index is 767. The molecule has 0 unspecified atom stereocenters. The second-order valence-corrected chi connectivity index (χ2v) is 7.03. The van der Waals surface area contributed by atoms with Crippen molar-refractivity contribution in [3.8, 4) is 5.69 Å². The summed E-state index contributed by atoms with van der Waals surface area (Å²) in [6, 6.07) is 8.30. The maximum atomic E-state index is 13.2. The van der Waals surface area contributed by atoms with Crippen LogP contribution in [0.2, 0.25) is 0 Å². The van der Waals surface area contributed by atoms with Crippen LogP contribution >= 0.6 is 0 Å². The topological polar surface area (TPSA) is 38.1 Å². The van der Waals surface area contributed by atoms with E-state index in [-0.39, 0.29) is 5.91 Å². The molecule has 1 amide bonds. The molecule has 0 atom stereocenters. The average molecular weight is 323 g/mol. The molecule has 1 aromatic heterocycles. The predicted molar refractivity (Wildman–Crippen MR) is 94.8 cm³/mol. The minimum absolute atomic E-state index is 0.200. The standard InChI is InChI=1S/C20H25N3O/c1-3-16-18(20(24)22-12-6-7-13-22)19(15-10-11-15)21-23(16)17-9-5-4-8-14(17)2/h4-5,8-9,15H,3,6-7,10-13H2,1-2H3. The van der Waals surface area contributed by atoms with Gasteiger partial charge in [0.2, 0.25) is 0 Å². The zero-order valence-electron chi connectivity index (χ0n) is 14.6. The van der Waals surface area contributed by atoms with E-state index >= 15 is 0 Å². The lowest BCUT2D eigenvalue weighted by atomic mass is 10.1. The Morgan fingerprint density at radius 1 is 1.21 bits per heavy atom. The molecule has 1 saturated heterocycles. The lowest BCUT2D eigenvalue weighted by Gasteiger charge is -2.16. The summed E-state index contributed by atoms with van der Waals surface area (Å²) in [4.78, 5) is 15.2. The van der Waals surface area contributed by atoms with Gasteiger partial charge in [-0.15, -0.1) is 0 Å². The Hall–Kier alpha value is -2.10. The summed E-state index contributed by atoms with van der Waals surface area (Å²) in [5, 5.41) is 4.94. The summed E-state index contributed by atoms with van der Waals surface area (Å²) < 4.78 is 2.03. The molecule has 2 fully saturated rings. The van der Waals surface area contributed by atoms with E-state index in [2.05, 4.69) is 26.0 Å². The van der Waals surface area contributed by atoms with E-state index < -0.39 is 0 Å². The Balaban J connectivity index is 1.85. The number of nitrogens with zero attached hydrogens (tertiary/aromatic N) is 3. The van der Waals surface area contributed by atoms with Gasteiger partial charge in [0.25, 0.3) is 5.91 Å². The molecule has 0 spiro atoms. The van der Waals surface area contributed by atoms with Gasteiger partial charge in [0, 0.05) is 19.0 Å². The van der Waals surface area contributed by atoms with Crippen LogP contribution in [0.4, 0.5) is 0 Å². The number of carbonyl (C=O) groups is 1. The van der Waals surface area contributed by atoms with E-state index in [0.29, 0.717) is 5.92 Å². The monoisotopic (exact) mass is 323 g/mol. The van der Waals surface area contributed by atoms with Crippen LogP contribution < -0.4 is 0 Å². The normalized spacial score (nSPS) is 17.5. The molecule has 2 aliphatic rings. The van der Waals surface area contributed by atoms with E-state index in [4.69, 9.17) is 5.10 Å². The third-order valence-corrected chi connectivity index (χ3v) is 5.26. The summed E-state index contributed by atoms with van der Waals surface area (Å²) in [5.41, 5.74) is 5.29. The summed E-state index contributed by atoms with van der Waals surface area (Å²) >= 11 is 0. The molecule has 2 aromatic rings. The third-order valence-electron chi connectivity index (χ3n) is 5.26. The van der Waals surface area contributed by atoms with Crippen molar-refractivity contribution in [2.45, 2.75) is 51.9 Å². The van der Waals surface area contributed by atoms with Crippen molar-refractivity contribution in [1.29, 1.82) is 0 Å². The number of hydrogen-bond donors (Lipinski definition) is 0. The van der Waals surface area contributed by atoms with Gasteiger partial charge in [0.15, 0.2) is 0 Å². The van der Waals surface area contributed by atoms with E-state index in [9.17, 15) is 4.79 Å². The predicted octanol–water partition coefficient (Wildman–Crippen LogP) is 3.86. The first kappa shape index (κ1) is 15.4. The molecule has 0 bridgehead atoms. The molecule has 4 rings (SSSR count). The molecule has 1 saturated carbocycles. The molecular formula is C20H25N3O. The molecule has 1 aliphatic carbocycles. The third kappa shape index (κ3) is 2.54. The molecule has 24 heavy (non-hydrogen) atoms. The van der Waals surface area contributed by atoms with E-state index in [0.717, 1.165) is 67.8 Å². The first-order valence-electron chi connectivity index (χ1n) is 9.17. The van der Waals surface area contributed by atoms with Crippen molar-refractivity contribution in [3.63, 3.8) is 0 Å². The van der Waals surface area contributed by atoms with Crippen molar-refractivity contribution in [1.82, 2.24) is 14.7 Å². The van der Waals surface area contributed by atoms with Crippen molar-refractivity contribution in [2.75, 3.05) is 13.1 Å². The van der Waals surface area contributed by atoms with Crippen LogP contribution in [-0.4, -0.2) is 33.7 Å². The zero-order chi connectivity index (χ0) is 16.7. The Morgan fingerprint density at radius 3 is 2.54 bits per heavy atom. The van der Waals surface area contributed by atoms with Crippen molar-refractivity contribution in [3.05, 3.63) is 46.8 Å². The van der Waals surface area contributed by atoms with Gasteiger partial charge in [0.05, 0.1) is 22.6 Å². The Kier molecular flexibility index (Phi) is 3.91. The second-order valence-electron chi connectivity index (χ2n) is 7.03. The van der Waals surface area contributed by atoms with Gasteiger partial charge in [-0.2, -0.15) is 5.10 Å². The van der Waals surface area contributed by atoms with Crippen LogP contribution in [0.15, 0.2) is 24.3 Å². The van der Waals surface area contributed by atoms with E-state index in [1.165, 1.54) is 5.56 Å². The van der Waals surface area contributed by atoms with Crippen molar-refractivity contribution >= 4 is 5.91 Å². The lowest BCUT2D eigenvalue weighted by molar-refractivity contribution is 0.0790. The summed E-state index contributed by atoms with van der Waals surface area (Å²) in [6.45, 7) is 6.02. The van der Waals surface area contributed by atoms with E-state index in [1.807, 2.05) is 21.7 Å². The van der Waals surface area contributed by atoms with E-state index in [1.54, 1.807) is 0 Å². The molecule has 2 heterocycles. The van der Waals surface area contributed by atoms with Gasteiger partial charge in [0.1, 0.15) is 0 Å². The molecule has 1 aromatic carbocycles. The summed E-state index contributed by atoms with van der Waals surface area (Å²) in [7, 11) is 0. The van der Waals surface area contributed by atoms with Gasteiger partial charge in [-0.1, -0.05) is 25.1 Å². The smallest absolute Gasteiger partial charge is 0.257 e. The fourth-order valence-corrected chi connectivity index (χ4v) is 3.75. The zero-order valence-corrected chi connectivity index (χ0v) is 14.6. The first-order chi connectivity index (χ1) is 11.7. The largest absolute Gasteiger partial charge is 0.339 e. The van der Waals surface area contributed by atoms with Gasteiger partial charge in [-0.25, -0.2) is 4.68 Å². The minimum Gasteiger partial charge on any atom is -0.339 e. The van der Waals surface area contributed by atoms with Crippen LogP contribution in [0.25, 0.3) is 5.69 Å². The fourth-order valence-electron chi connectivity index (χ4n) is 3.75. The Labute approximate surface area is 143 Å². The number of carbonyl (C=O) groups excluding carboxylic acids is 1. The maximum Gasteiger partial charge on any atom is 0.257 e. The number of aromatic nitrogens is 2. The number of likely N-dealkylation sites (tertiary alicyclic amines) is 1. The van der Waals surface area contributed by atoms with Crippen molar-refractivity contribution < 1.29 is 4.79 Å². The number of benzene rings is 1. The number of hydrogen-bond acceptors (Lipinski definition) is 2. The lowest BCUT2D eigenvalue weighted by Crippen LogP contribution is -2.29. The molecule has 0 N–H and O–H groups in total. The molecule has 4 nitrogen and oxygen atoms in total. The molecule has 1 aliphatic heterocycles. The highest BCUT2D eigenvalue weighted by atomic mass is 16.2. The van der Waals surface area contributed by atoms with Gasteiger partial charge >= 0.3 is 0 Å². The number of amides is 1. The highest BCUT2D eigenvalue weighted by Gasteiger charge is 2.36. The van der Waals surface area contributed by atoms with Crippen LogP contribution in [-0.2, 0) is 6.42 Å². The molecular weight excluding hydrogens is 298 g/mol. The SMILES string of the molecule is CCc1c(C(=O)N2CCCC2)c(C2CC2)nn1-c1ccccc1C. The van der Waals surface area contributed by atoms with Crippen LogP contribution in [0, 0.1) is 6.92 Å². The molecule has 4 heteroatoms. The highest BCUT2D eigenvalue weighted by molar-refractivity contribution is 5.97.